The van der Waals surface area contributed by atoms with Crippen LogP contribution in [0.25, 0.3) is 0 Å². The molecule has 0 radical (unpaired) electrons. The number of anilines is 1. The number of benzene rings is 1. The summed E-state index contributed by atoms with van der Waals surface area (Å²) in [5, 5.41) is 2.76. The van der Waals surface area contributed by atoms with Crippen molar-refractivity contribution in [1.82, 2.24) is 0 Å². The molecule has 1 aromatic rings. The zero-order chi connectivity index (χ0) is 12.3. The molecule has 0 aliphatic carbocycles. The first-order valence-corrected chi connectivity index (χ1v) is 6.79. The van der Waals surface area contributed by atoms with Crippen LogP contribution in [0.2, 0.25) is 0 Å². The van der Waals surface area contributed by atoms with Crippen molar-refractivity contribution in [1.29, 1.82) is 0 Å². The molecule has 5 heteroatoms. The Hall–Kier alpha value is -1.04. The molecule has 1 N–H and O–H groups in total. The summed E-state index contributed by atoms with van der Waals surface area (Å²) in [6, 6.07) is 9.20. The van der Waals surface area contributed by atoms with Gasteiger partial charge in [0.05, 0.1) is 6.61 Å². The maximum atomic E-state index is 11.8. The van der Waals surface area contributed by atoms with Crippen molar-refractivity contribution >= 4 is 22.8 Å². The van der Waals surface area contributed by atoms with Gasteiger partial charge in [-0.3, -0.25) is 4.79 Å². The average molecular weight is 253 g/mol. The fourth-order valence-corrected chi connectivity index (χ4v) is 2.94. The van der Waals surface area contributed by atoms with Gasteiger partial charge >= 0.3 is 0 Å². The van der Waals surface area contributed by atoms with Gasteiger partial charge in [0.2, 0.25) is 10.8 Å². The first kappa shape index (κ1) is 12.4. The minimum absolute atomic E-state index is 0.120. The number of hydrogen-bond donors (Lipinski definition) is 1. The van der Waals surface area contributed by atoms with E-state index in [1.165, 1.54) is 0 Å². The molecule has 2 atom stereocenters. The summed E-state index contributed by atoms with van der Waals surface area (Å²) in [5.41, 5.74) is 0.741. The van der Waals surface area contributed by atoms with Gasteiger partial charge in [-0.25, -0.2) is 0 Å². The number of carbonyl (C=O) groups is 1. The topological polar surface area (TPSA) is 61.4 Å². The second kappa shape index (κ2) is 5.08. The van der Waals surface area contributed by atoms with Gasteiger partial charge < -0.3 is 14.6 Å². The quantitative estimate of drug-likeness (QED) is 0.831. The molecule has 0 spiro atoms. The molecule has 2 rings (SSSR count). The predicted octanol–water partition coefficient (Wildman–Crippen LogP) is 1.51. The zero-order valence-electron chi connectivity index (χ0n) is 9.64. The van der Waals surface area contributed by atoms with Crippen LogP contribution in [0.15, 0.2) is 30.3 Å². The van der Waals surface area contributed by atoms with E-state index in [0.29, 0.717) is 12.4 Å². The first-order valence-electron chi connectivity index (χ1n) is 5.47. The molecular formula is C12H15NO3S. The number of hydrogen-bond acceptors (Lipinski definition) is 3. The third kappa shape index (κ3) is 3.00. The van der Waals surface area contributed by atoms with Gasteiger partial charge in [0.15, 0.2) is 0 Å². The van der Waals surface area contributed by atoms with Crippen LogP contribution in [0.4, 0.5) is 5.69 Å². The number of amides is 1. The Morgan fingerprint density at radius 3 is 2.82 bits per heavy atom. The number of nitrogens with one attached hydrogen (secondary N) is 1. The van der Waals surface area contributed by atoms with Crippen LogP contribution < -0.4 is 5.32 Å². The van der Waals surface area contributed by atoms with Gasteiger partial charge in [-0.1, -0.05) is 18.2 Å². The van der Waals surface area contributed by atoms with Gasteiger partial charge in [0.25, 0.3) is 0 Å². The molecular weight excluding hydrogens is 238 g/mol. The average Bonchev–Trinajstić information content (AvgIpc) is 2.60. The van der Waals surface area contributed by atoms with E-state index < -0.39 is 16.1 Å². The fourth-order valence-electron chi connectivity index (χ4n) is 1.76. The SMILES string of the molecule is C[C@]1(CC(=O)Nc2ccccc2)OCC[S@@+]1[O-]. The van der Waals surface area contributed by atoms with E-state index in [4.69, 9.17) is 4.74 Å². The zero-order valence-corrected chi connectivity index (χ0v) is 10.5. The Balaban J connectivity index is 1.94. The maximum Gasteiger partial charge on any atom is 0.232 e. The molecule has 4 nitrogen and oxygen atoms in total. The lowest BCUT2D eigenvalue weighted by Gasteiger charge is -2.23. The van der Waals surface area contributed by atoms with Gasteiger partial charge in [0, 0.05) is 12.6 Å². The van der Waals surface area contributed by atoms with Crippen molar-refractivity contribution in [3.8, 4) is 0 Å². The maximum absolute atomic E-state index is 11.8. The van der Waals surface area contributed by atoms with Crippen LogP contribution >= 0.6 is 0 Å². The molecule has 0 saturated carbocycles. The lowest BCUT2D eigenvalue weighted by atomic mass is 10.2. The van der Waals surface area contributed by atoms with E-state index in [-0.39, 0.29) is 12.3 Å². The lowest BCUT2D eigenvalue weighted by molar-refractivity contribution is -0.119. The molecule has 1 fully saturated rings. The van der Waals surface area contributed by atoms with Crippen molar-refractivity contribution in [3.05, 3.63) is 30.3 Å². The Labute approximate surface area is 104 Å². The summed E-state index contributed by atoms with van der Waals surface area (Å²) in [4.78, 5) is 11.0. The van der Waals surface area contributed by atoms with Crippen LogP contribution in [0.5, 0.6) is 0 Å². The summed E-state index contributed by atoms with van der Waals surface area (Å²) in [5.74, 6) is 0.337. The predicted molar refractivity (Wildman–Crippen MR) is 67.1 cm³/mol. The summed E-state index contributed by atoms with van der Waals surface area (Å²) in [7, 11) is 0. The fraction of sp³-hybridized carbons (Fsp3) is 0.417. The highest BCUT2D eigenvalue weighted by atomic mass is 32.2. The molecule has 17 heavy (non-hydrogen) atoms. The normalized spacial score (nSPS) is 28.0. The molecule has 1 saturated heterocycles. The number of rotatable bonds is 3. The molecule has 1 aliphatic heterocycles. The molecule has 1 heterocycles. The van der Waals surface area contributed by atoms with Crippen LogP contribution in [0, 0.1) is 0 Å². The van der Waals surface area contributed by atoms with E-state index in [1.807, 2.05) is 30.3 Å². The summed E-state index contributed by atoms with van der Waals surface area (Å²) in [6.07, 6.45) is 0.120. The minimum Gasteiger partial charge on any atom is -0.614 e. The van der Waals surface area contributed by atoms with Crippen molar-refractivity contribution in [2.45, 2.75) is 18.3 Å². The Morgan fingerprint density at radius 1 is 1.53 bits per heavy atom. The van der Waals surface area contributed by atoms with Crippen LogP contribution in [0.1, 0.15) is 13.3 Å². The Bertz CT molecular complexity index is 398. The molecule has 0 unspecified atom stereocenters. The van der Waals surface area contributed by atoms with Crippen LogP contribution in [-0.4, -0.2) is 27.8 Å². The second-order valence-electron chi connectivity index (χ2n) is 4.12. The molecule has 0 aromatic heterocycles. The molecule has 92 valence electrons. The van der Waals surface area contributed by atoms with E-state index in [2.05, 4.69) is 5.32 Å². The highest BCUT2D eigenvalue weighted by Crippen LogP contribution is 2.29. The number of ether oxygens (including phenoxy) is 1. The van der Waals surface area contributed by atoms with E-state index in [0.717, 1.165) is 5.69 Å². The standard InChI is InChI=1S/C12H15NO3S/c1-12(16-7-8-17(12)15)9-11(14)13-10-5-3-2-4-6-10/h2-6H,7-9H2,1H3,(H,13,14)/t12-,17+/m0/s1. The highest BCUT2D eigenvalue weighted by molar-refractivity contribution is 7.92. The van der Waals surface area contributed by atoms with Crippen molar-refractivity contribution in [2.75, 3.05) is 17.7 Å². The van der Waals surface area contributed by atoms with Crippen molar-refractivity contribution in [2.24, 2.45) is 0 Å². The molecule has 0 bridgehead atoms. The van der Waals surface area contributed by atoms with Gasteiger partial charge in [-0.2, -0.15) is 0 Å². The van der Waals surface area contributed by atoms with Crippen molar-refractivity contribution in [3.63, 3.8) is 0 Å². The Morgan fingerprint density at radius 2 is 2.24 bits per heavy atom. The van der Waals surface area contributed by atoms with Gasteiger partial charge in [-0.05, 0) is 23.3 Å². The number of para-hydroxylation sites is 1. The smallest absolute Gasteiger partial charge is 0.232 e. The third-order valence-corrected chi connectivity index (χ3v) is 4.46. The summed E-state index contributed by atoms with van der Waals surface area (Å²) in [6.45, 7) is 2.18. The summed E-state index contributed by atoms with van der Waals surface area (Å²) < 4.78 is 17.1. The third-order valence-electron chi connectivity index (χ3n) is 2.70. The van der Waals surface area contributed by atoms with Crippen LogP contribution in [-0.2, 0) is 20.7 Å². The lowest BCUT2D eigenvalue weighted by Crippen LogP contribution is -2.37. The Kier molecular flexibility index (Phi) is 3.71. The van der Waals surface area contributed by atoms with Gasteiger partial charge in [-0.15, -0.1) is 0 Å². The highest BCUT2D eigenvalue weighted by Gasteiger charge is 2.45. The number of carbonyl (C=O) groups excluding carboxylic acids is 1. The minimum atomic E-state index is -1.09. The van der Waals surface area contributed by atoms with E-state index in [9.17, 15) is 9.35 Å². The van der Waals surface area contributed by atoms with E-state index >= 15 is 0 Å². The molecule has 1 aromatic carbocycles. The van der Waals surface area contributed by atoms with Crippen molar-refractivity contribution < 1.29 is 14.1 Å². The largest absolute Gasteiger partial charge is 0.614 e. The summed E-state index contributed by atoms with van der Waals surface area (Å²) >= 11 is -1.09. The monoisotopic (exact) mass is 253 g/mol. The van der Waals surface area contributed by atoms with Crippen LogP contribution in [0.3, 0.4) is 0 Å². The molecule has 1 amide bonds. The second-order valence-corrected chi connectivity index (χ2v) is 6.09. The molecule has 1 aliphatic rings. The van der Waals surface area contributed by atoms with E-state index in [1.54, 1.807) is 6.92 Å². The van der Waals surface area contributed by atoms with Gasteiger partial charge in [0.1, 0.15) is 12.2 Å². The first-order chi connectivity index (χ1) is 8.10.